The molecule has 0 bridgehead atoms. The molecule has 4 rings (SSSR count). The highest BCUT2D eigenvalue weighted by Crippen LogP contribution is 2.32. The number of benzene rings is 2. The van der Waals surface area contributed by atoms with Crippen LogP contribution >= 0.6 is 0 Å². The molecule has 0 spiro atoms. The van der Waals surface area contributed by atoms with Crippen LogP contribution < -0.4 is 16.0 Å². The minimum Gasteiger partial charge on any atom is -0.381 e. The highest BCUT2D eigenvalue weighted by Gasteiger charge is 2.39. The Hall–Kier alpha value is -3.75. The number of piperidine rings is 1. The Kier molecular flexibility index (Phi) is 5.41. The molecule has 31 heavy (non-hydrogen) atoms. The fourth-order valence-electron chi connectivity index (χ4n) is 3.97. The quantitative estimate of drug-likeness (QED) is 0.632. The Morgan fingerprint density at radius 3 is 2.71 bits per heavy atom. The molecule has 0 radical (unpaired) electrons. The number of anilines is 1. The number of nitrogens with zero attached hydrogens (tertiary/aromatic N) is 1. The zero-order valence-corrected chi connectivity index (χ0v) is 16.8. The third-order valence-corrected chi connectivity index (χ3v) is 5.60. The summed E-state index contributed by atoms with van der Waals surface area (Å²) in [5.74, 6) is -2.21. The van der Waals surface area contributed by atoms with Crippen LogP contribution in [0.3, 0.4) is 0 Å². The van der Waals surface area contributed by atoms with Crippen LogP contribution in [0.15, 0.2) is 36.4 Å². The van der Waals surface area contributed by atoms with Gasteiger partial charge in [-0.1, -0.05) is 18.2 Å². The molecule has 3 N–H and O–H groups in total. The predicted molar refractivity (Wildman–Crippen MR) is 110 cm³/mol. The molecule has 1 saturated heterocycles. The molecule has 1 unspecified atom stereocenters. The van der Waals surface area contributed by atoms with Gasteiger partial charge in [-0.05, 0) is 24.6 Å². The fraction of sp³-hybridized carbons (Fsp3) is 0.273. The molecule has 1 fully saturated rings. The van der Waals surface area contributed by atoms with Gasteiger partial charge >= 0.3 is 0 Å². The summed E-state index contributed by atoms with van der Waals surface area (Å²) in [6.07, 6.45) is 0.466. The number of hydrogen-bond donors (Lipinski definition) is 3. The van der Waals surface area contributed by atoms with Crippen molar-refractivity contribution in [1.29, 1.82) is 0 Å². The number of hydrogen-bond acceptors (Lipinski definition) is 5. The number of amides is 4. The summed E-state index contributed by atoms with van der Waals surface area (Å²) >= 11 is 0. The maximum absolute atomic E-state index is 14.7. The number of imide groups is 1. The Balaban J connectivity index is 1.54. The van der Waals surface area contributed by atoms with Gasteiger partial charge in [0, 0.05) is 48.9 Å². The van der Waals surface area contributed by atoms with E-state index in [4.69, 9.17) is 0 Å². The molecule has 2 aliphatic rings. The lowest BCUT2D eigenvalue weighted by atomic mass is 10.0. The number of fused-ring (bicyclic) bond motifs is 1. The average Bonchev–Trinajstić information content (AvgIpc) is 3.09. The maximum atomic E-state index is 14.7. The van der Waals surface area contributed by atoms with Gasteiger partial charge in [-0.25, -0.2) is 4.39 Å². The van der Waals surface area contributed by atoms with E-state index < -0.39 is 23.7 Å². The summed E-state index contributed by atoms with van der Waals surface area (Å²) in [6, 6.07) is 9.07. The van der Waals surface area contributed by atoms with Crippen molar-refractivity contribution >= 4 is 29.3 Å². The van der Waals surface area contributed by atoms with Gasteiger partial charge in [-0.3, -0.25) is 24.5 Å². The molecule has 2 aromatic rings. The zero-order valence-electron chi connectivity index (χ0n) is 16.8. The standard InChI is InChI=1S/C22H21FN4O4/c1-24-20(29)14-6-2-4-12(19(14)23)10-25-16-7-3-5-13-15(16)11-27(22(13)31)17-8-9-18(28)26-21(17)30/h2-7,17,25H,8-11H2,1H3,(H,24,29)(H,26,28,30). The second kappa shape index (κ2) is 8.17. The van der Waals surface area contributed by atoms with Crippen LogP contribution in [0.25, 0.3) is 0 Å². The van der Waals surface area contributed by atoms with Crippen LogP contribution in [-0.4, -0.2) is 41.6 Å². The Labute approximate surface area is 177 Å². The summed E-state index contributed by atoms with van der Waals surface area (Å²) < 4.78 is 14.7. The monoisotopic (exact) mass is 424 g/mol. The Morgan fingerprint density at radius 2 is 1.97 bits per heavy atom. The first-order valence-electron chi connectivity index (χ1n) is 9.90. The summed E-state index contributed by atoms with van der Waals surface area (Å²) in [5.41, 5.74) is 2.09. The first kappa shape index (κ1) is 20.5. The molecule has 0 aliphatic carbocycles. The van der Waals surface area contributed by atoms with Crippen LogP contribution in [0.2, 0.25) is 0 Å². The van der Waals surface area contributed by atoms with Gasteiger partial charge in [0.25, 0.3) is 11.8 Å². The van der Waals surface area contributed by atoms with Gasteiger partial charge in [0.1, 0.15) is 11.9 Å². The van der Waals surface area contributed by atoms with E-state index in [-0.39, 0.29) is 43.3 Å². The fourth-order valence-corrected chi connectivity index (χ4v) is 3.97. The third kappa shape index (κ3) is 3.74. The van der Waals surface area contributed by atoms with E-state index in [9.17, 15) is 23.6 Å². The Morgan fingerprint density at radius 1 is 1.19 bits per heavy atom. The molecule has 9 heteroatoms. The van der Waals surface area contributed by atoms with Crippen LogP contribution in [0.4, 0.5) is 10.1 Å². The first-order valence-corrected chi connectivity index (χ1v) is 9.90. The molecule has 8 nitrogen and oxygen atoms in total. The SMILES string of the molecule is CNC(=O)c1cccc(CNc2cccc3c2CN(C2CCC(=O)NC2=O)C3=O)c1F. The lowest BCUT2D eigenvalue weighted by Gasteiger charge is -2.29. The number of carbonyl (C=O) groups excluding carboxylic acids is 4. The van der Waals surface area contributed by atoms with Gasteiger partial charge in [-0.15, -0.1) is 0 Å². The van der Waals surface area contributed by atoms with Crippen LogP contribution in [-0.2, 0) is 22.7 Å². The average molecular weight is 424 g/mol. The molecule has 2 heterocycles. The van der Waals surface area contributed by atoms with Crippen molar-refractivity contribution in [3.05, 3.63) is 64.5 Å². The molecule has 0 aromatic heterocycles. The second-order valence-corrected chi connectivity index (χ2v) is 7.44. The van der Waals surface area contributed by atoms with Gasteiger partial charge < -0.3 is 15.5 Å². The number of carbonyl (C=O) groups is 4. The first-order chi connectivity index (χ1) is 14.9. The van der Waals surface area contributed by atoms with E-state index in [0.717, 1.165) is 0 Å². The van der Waals surface area contributed by atoms with Crippen molar-refractivity contribution in [3.8, 4) is 0 Å². The van der Waals surface area contributed by atoms with E-state index in [0.29, 0.717) is 22.4 Å². The molecule has 2 aromatic carbocycles. The third-order valence-electron chi connectivity index (χ3n) is 5.60. The second-order valence-electron chi connectivity index (χ2n) is 7.44. The summed E-state index contributed by atoms with van der Waals surface area (Å²) in [5, 5.41) is 7.83. The van der Waals surface area contributed by atoms with E-state index in [1.165, 1.54) is 18.0 Å². The van der Waals surface area contributed by atoms with Crippen molar-refractivity contribution in [2.24, 2.45) is 0 Å². The smallest absolute Gasteiger partial charge is 0.255 e. The van der Waals surface area contributed by atoms with Crippen LogP contribution in [0.1, 0.15) is 44.7 Å². The molecule has 2 aliphatic heterocycles. The predicted octanol–water partition coefficient (Wildman–Crippen LogP) is 1.56. The summed E-state index contributed by atoms with van der Waals surface area (Å²) in [6.45, 7) is 0.324. The molecule has 4 amide bonds. The van der Waals surface area contributed by atoms with Crippen molar-refractivity contribution in [1.82, 2.24) is 15.5 Å². The normalized spacial score (nSPS) is 17.9. The molecule has 0 saturated carbocycles. The van der Waals surface area contributed by atoms with Gasteiger partial charge in [0.2, 0.25) is 11.8 Å². The largest absolute Gasteiger partial charge is 0.381 e. The van der Waals surface area contributed by atoms with Gasteiger partial charge in [0.05, 0.1) is 5.56 Å². The van der Waals surface area contributed by atoms with Crippen LogP contribution in [0, 0.1) is 5.82 Å². The molecule has 1 atom stereocenters. The molecular formula is C22H21FN4O4. The lowest BCUT2D eigenvalue weighted by Crippen LogP contribution is -2.52. The van der Waals surface area contributed by atoms with Crippen molar-refractivity contribution in [2.75, 3.05) is 12.4 Å². The van der Waals surface area contributed by atoms with E-state index in [2.05, 4.69) is 16.0 Å². The summed E-state index contributed by atoms with van der Waals surface area (Å²) in [7, 11) is 1.44. The number of nitrogens with one attached hydrogen (secondary N) is 3. The molecule has 160 valence electrons. The number of rotatable bonds is 5. The van der Waals surface area contributed by atoms with Gasteiger partial charge in [-0.2, -0.15) is 0 Å². The van der Waals surface area contributed by atoms with Crippen LogP contribution in [0.5, 0.6) is 0 Å². The highest BCUT2D eigenvalue weighted by molar-refractivity contribution is 6.06. The van der Waals surface area contributed by atoms with Crippen molar-refractivity contribution in [3.63, 3.8) is 0 Å². The highest BCUT2D eigenvalue weighted by atomic mass is 19.1. The minimum atomic E-state index is -0.702. The summed E-state index contributed by atoms with van der Waals surface area (Å²) in [4.78, 5) is 49.8. The Bertz CT molecular complexity index is 1100. The number of halogens is 1. The topological polar surface area (TPSA) is 108 Å². The van der Waals surface area contributed by atoms with E-state index in [1.54, 1.807) is 30.3 Å². The van der Waals surface area contributed by atoms with E-state index in [1.807, 2.05) is 0 Å². The zero-order chi connectivity index (χ0) is 22.1. The van der Waals surface area contributed by atoms with Crippen molar-refractivity contribution in [2.45, 2.75) is 32.0 Å². The minimum absolute atomic E-state index is 0.0423. The van der Waals surface area contributed by atoms with E-state index >= 15 is 0 Å². The maximum Gasteiger partial charge on any atom is 0.255 e. The molecular weight excluding hydrogens is 403 g/mol. The lowest BCUT2D eigenvalue weighted by molar-refractivity contribution is -0.136. The van der Waals surface area contributed by atoms with Crippen molar-refractivity contribution < 1.29 is 23.6 Å². The van der Waals surface area contributed by atoms with Gasteiger partial charge in [0.15, 0.2) is 0 Å².